The summed E-state index contributed by atoms with van der Waals surface area (Å²) in [5, 5.41) is 0. The fraction of sp³-hybridized carbons (Fsp3) is 0.625. The molecule has 3 heteroatoms. The average Bonchev–Trinajstić information content (AvgIpc) is 2.86. The molecule has 19 heavy (non-hydrogen) atoms. The van der Waals surface area contributed by atoms with Crippen LogP contribution in [-0.4, -0.2) is 49.1 Å². The quantitative estimate of drug-likeness (QED) is 0.812. The molecule has 0 saturated carbocycles. The SMILES string of the molecule is CCN(CCN)CC1CCN(Cc2ccccc2)C1. The summed E-state index contributed by atoms with van der Waals surface area (Å²) in [6.45, 7) is 9.92. The maximum Gasteiger partial charge on any atom is 0.0233 e. The van der Waals surface area contributed by atoms with E-state index in [4.69, 9.17) is 5.73 Å². The van der Waals surface area contributed by atoms with Crippen LogP contribution in [0.1, 0.15) is 18.9 Å². The summed E-state index contributed by atoms with van der Waals surface area (Å²) in [6.07, 6.45) is 1.33. The van der Waals surface area contributed by atoms with Gasteiger partial charge in [-0.3, -0.25) is 4.90 Å². The molecule has 0 aliphatic carbocycles. The molecule has 1 aliphatic heterocycles. The topological polar surface area (TPSA) is 32.5 Å². The zero-order valence-electron chi connectivity index (χ0n) is 12.1. The Labute approximate surface area is 117 Å². The van der Waals surface area contributed by atoms with Crippen molar-refractivity contribution in [3.8, 4) is 0 Å². The van der Waals surface area contributed by atoms with Gasteiger partial charge in [0.05, 0.1) is 0 Å². The number of rotatable bonds is 7. The number of likely N-dealkylation sites (N-methyl/N-ethyl adjacent to an activating group) is 1. The minimum atomic E-state index is 0.772. The molecular weight excluding hydrogens is 234 g/mol. The van der Waals surface area contributed by atoms with Crippen molar-refractivity contribution < 1.29 is 0 Å². The molecule has 0 radical (unpaired) electrons. The number of nitrogens with two attached hydrogens (primary N) is 1. The van der Waals surface area contributed by atoms with Crippen molar-refractivity contribution in [2.45, 2.75) is 19.9 Å². The van der Waals surface area contributed by atoms with Crippen LogP contribution < -0.4 is 5.73 Å². The summed E-state index contributed by atoms with van der Waals surface area (Å²) in [5.41, 5.74) is 7.08. The number of hydrogen-bond donors (Lipinski definition) is 1. The van der Waals surface area contributed by atoms with Gasteiger partial charge in [-0.25, -0.2) is 0 Å². The molecule has 1 aliphatic rings. The lowest BCUT2D eigenvalue weighted by Crippen LogP contribution is -2.34. The Morgan fingerprint density at radius 1 is 1.32 bits per heavy atom. The maximum atomic E-state index is 5.66. The van der Waals surface area contributed by atoms with Gasteiger partial charge in [0, 0.05) is 32.7 Å². The van der Waals surface area contributed by atoms with Crippen molar-refractivity contribution in [2.24, 2.45) is 11.7 Å². The molecule has 0 spiro atoms. The monoisotopic (exact) mass is 261 g/mol. The van der Waals surface area contributed by atoms with Gasteiger partial charge in [0.1, 0.15) is 0 Å². The van der Waals surface area contributed by atoms with E-state index in [1.165, 1.54) is 31.6 Å². The van der Waals surface area contributed by atoms with E-state index >= 15 is 0 Å². The van der Waals surface area contributed by atoms with E-state index in [0.717, 1.165) is 32.1 Å². The largest absolute Gasteiger partial charge is 0.329 e. The number of hydrogen-bond acceptors (Lipinski definition) is 3. The van der Waals surface area contributed by atoms with E-state index in [9.17, 15) is 0 Å². The zero-order valence-corrected chi connectivity index (χ0v) is 12.1. The van der Waals surface area contributed by atoms with Crippen molar-refractivity contribution in [1.29, 1.82) is 0 Å². The molecule has 1 saturated heterocycles. The van der Waals surface area contributed by atoms with Crippen LogP contribution in [0.5, 0.6) is 0 Å². The number of likely N-dealkylation sites (tertiary alicyclic amines) is 1. The number of nitrogens with zero attached hydrogens (tertiary/aromatic N) is 2. The molecule has 1 atom stereocenters. The molecule has 1 unspecified atom stereocenters. The highest BCUT2D eigenvalue weighted by Gasteiger charge is 2.23. The fourth-order valence-electron chi connectivity index (χ4n) is 2.97. The van der Waals surface area contributed by atoms with Crippen molar-refractivity contribution >= 4 is 0 Å². The summed E-state index contributed by atoms with van der Waals surface area (Å²) in [5.74, 6) is 0.815. The van der Waals surface area contributed by atoms with E-state index in [2.05, 4.69) is 47.1 Å². The average molecular weight is 261 g/mol. The third-order valence-electron chi connectivity index (χ3n) is 4.03. The van der Waals surface area contributed by atoms with E-state index in [0.29, 0.717) is 0 Å². The van der Waals surface area contributed by atoms with Gasteiger partial charge in [0.25, 0.3) is 0 Å². The first kappa shape index (κ1) is 14.5. The lowest BCUT2D eigenvalue weighted by molar-refractivity contribution is 0.238. The van der Waals surface area contributed by atoms with Gasteiger partial charge in [0.15, 0.2) is 0 Å². The Balaban J connectivity index is 1.76. The lowest BCUT2D eigenvalue weighted by atomic mass is 10.1. The third-order valence-corrected chi connectivity index (χ3v) is 4.03. The Hall–Kier alpha value is -0.900. The summed E-state index contributed by atoms with van der Waals surface area (Å²) in [6, 6.07) is 10.8. The summed E-state index contributed by atoms with van der Waals surface area (Å²) < 4.78 is 0. The van der Waals surface area contributed by atoms with Gasteiger partial charge in [-0.1, -0.05) is 37.3 Å². The van der Waals surface area contributed by atoms with Crippen LogP contribution in [0, 0.1) is 5.92 Å². The normalized spacial score (nSPS) is 20.3. The fourth-order valence-corrected chi connectivity index (χ4v) is 2.97. The second kappa shape index (κ2) is 7.63. The predicted octanol–water partition coefficient (Wildman–Crippen LogP) is 1.79. The Morgan fingerprint density at radius 2 is 2.11 bits per heavy atom. The molecule has 0 bridgehead atoms. The van der Waals surface area contributed by atoms with Gasteiger partial charge < -0.3 is 10.6 Å². The van der Waals surface area contributed by atoms with Gasteiger partial charge >= 0.3 is 0 Å². The molecule has 2 N–H and O–H groups in total. The zero-order chi connectivity index (χ0) is 13.5. The minimum absolute atomic E-state index is 0.772. The van der Waals surface area contributed by atoms with Crippen molar-refractivity contribution in [3.05, 3.63) is 35.9 Å². The molecule has 106 valence electrons. The van der Waals surface area contributed by atoms with Crippen molar-refractivity contribution in [2.75, 3.05) is 39.3 Å². The third kappa shape index (κ3) is 4.60. The second-order valence-corrected chi connectivity index (χ2v) is 5.56. The van der Waals surface area contributed by atoms with Crippen molar-refractivity contribution in [1.82, 2.24) is 9.80 Å². The molecule has 1 fully saturated rings. The summed E-state index contributed by atoms with van der Waals surface area (Å²) >= 11 is 0. The smallest absolute Gasteiger partial charge is 0.0233 e. The van der Waals surface area contributed by atoms with Gasteiger partial charge in [0.2, 0.25) is 0 Å². The minimum Gasteiger partial charge on any atom is -0.329 e. The highest BCUT2D eigenvalue weighted by Crippen LogP contribution is 2.19. The van der Waals surface area contributed by atoms with E-state index < -0.39 is 0 Å². The highest BCUT2D eigenvalue weighted by atomic mass is 15.2. The van der Waals surface area contributed by atoms with Crippen LogP contribution in [0.4, 0.5) is 0 Å². The molecular formula is C16H27N3. The first-order valence-electron chi connectivity index (χ1n) is 7.50. The van der Waals surface area contributed by atoms with E-state index in [1.54, 1.807) is 0 Å². The number of benzene rings is 1. The first-order chi connectivity index (χ1) is 9.31. The molecule has 2 rings (SSSR count). The lowest BCUT2D eigenvalue weighted by Gasteiger charge is -2.23. The van der Waals surface area contributed by atoms with Crippen LogP contribution in [0.15, 0.2) is 30.3 Å². The Kier molecular flexibility index (Phi) is 5.83. The molecule has 0 amide bonds. The summed E-state index contributed by atoms with van der Waals surface area (Å²) in [4.78, 5) is 5.06. The van der Waals surface area contributed by atoms with Crippen LogP contribution in [0.3, 0.4) is 0 Å². The standard InChI is InChI=1S/C16H27N3/c1-2-18(11-9-17)13-16-8-10-19(14-16)12-15-6-4-3-5-7-15/h3-7,16H,2,8-14,17H2,1H3. The highest BCUT2D eigenvalue weighted by molar-refractivity contribution is 5.14. The molecule has 1 heterocycles. The predicted molar refractivity (Wildman–Crippen MR) is 81.0 cm³/mol. The molecule has 0 aromatic heterocycles. The van der Waals surface area contributed by atoms with E-state index in [1.807, 2.05) is 0 Å². The maximum absolute atomic E-state index is 5.66. The Morgan fingerprint density at radius 3 is 2.79 bits per heavy atom. The van der Waals surface area contributed by atoms with Gasteiger partial charge in [-0.2, -0.15) is 0 Å². The molecule has 1 aromatic carbocycles. The first-order valence-corrected chi connectivity index (χ1v) is 7.50. The molecule has 1 aromatic rings. The molecule has 3 nitrogen and oxygen atoms in total. The summed E-state index contributed by atoms with van der Waals surface area (Å²) in [7, 11) is 0. The van der Waals surface area contributed by atoms with Gasteiger partial charge in [-0.15, -0.1) is 0 Å². The van der Waals surface area contributed by atoms with Crippen LogP contribution in [0.25, 0.3) is 0 Å². The van der Waals surface area contributed by atoms with Crippen LogP contribution in [0.2, 0.25) is 0 Å². The van der Waals surface area contributed by atoms with Crippen LogP contribution in [-0.2, 0) is 6.54 Å². The Bertz CT molecular complexity index is 352. The van der Waals surface area contributed by atoms with E-state index in [-0.39, 0.29) is 0 Å². The second-order valence-electron chi connectivity index (χ2n) is 5.56. The van der Waals surface area contributed by atoms with Crippen LogP contribution >= 0.6 is 0 Å². The van der Waals surface area contributed by atoms with Gasteiger partial charge in [-0.05, 0) is 31.0 Å². The van der Waals surface area contributed by atoms with Crippen molar-refractivity contribution in [3.63, 3.8) is 0 Å².